The van der Waals surface area contributed by atoms with E-state index in [2.05, 4.69) is 15.9 Å². The predicted octanol–water partition coefficient (Wildman–Crippen LogP) is 2.81. The number of furan rings is 1. The molecule has 0 atom stereocenters. The monoisotopic (exact) mass is 315 g/mol. The molecule has 2 rings (SSSR count). The van der Waals surface area contributed by atoms with Gasteiger partial charge in [0.2, 0.25) is 0 Å². The van der Waals surface area contributed by atoms with Crippen molar-refractivity contribution in [2.45, 2.75) is 38.1 Å². The first-order valence-corrected chi connectivity index (χ1v) is 7.19. The van der Waals surface area contributed by atoms with E-state index in [1.54, 1.807) is 17.0 Å². The Morgan fingerprint density at radius 2 is 2.11 bits per heavy atom. The standard InChI is InChI=1S/C13H18BrNO3/c14-12-7-6-11(18-12)13(17)15(8-9-16)10-4-2-1-3-5-10/h6-7,10,16H,1-5,8-9H2. The summed E-state index contributed by atoms with van der Waals surface area (Å²) < 4.78 is 5.86. The van der Waals surface area contributed by atoms with Crippen LogP contribution in [0.15, 0.2) is 21.2 Å². The van der Waals surface area contributed by atoms with E-state index in [9.17, 15) is 4.79 Å². The molecule has 5 heteroatoms. The fraction of sp³-hybridized carbons (Fsp3) is 0.615. The normalized spacial score (nSPS) is 16.8. The molecule has 0 aromatic carbocycles. The van der Waals surface area contributed by atoms with Crippen LogP contribution >= 0.6 is 15.9 Å². The Morgan fingerprint density at radius 1 is 1.39 bits per heavy atom. The highest BCUT2D eigenvalue weighted by Gasteiger charge is 2.27. The van der Waals surface area contributed by atoms with E-state index in [4.69, 9.17) is 9.52 Å². The van der Waals surface area contributed by atoms with Crippen LogP contribution in [0, 0.1) is 0 Å². The van der Waals surface area contributed by atoms with Crippen LogP contribution in [0.3, 0.4) is 0 Å². The van der Waals surface area contributed by atoms with Gasteiger partial charge in [0.1, 0.15) is 0 Å². The Balaban J connectivity index is 2.10. The fourth-order valence-electron chi connectivity index (χ4n) is 2.52. The molecule has 0 saturated heterocycles. The van der Waals surface area contributed by atoms with E-state index in [0.717, 1.165) is 25.7 Å². The number of carbonyl (C=O) groups excluding carboxylic acids is 1. The number of hydrogen-bond acceptors (Lipinski definition) is 3. The minimum atomic E-state index is -0.123. The number of carbonyl (C=O) groups is 1. The van der Waals surface area contributed by atoms with Gasteiger partial charge in [0.25, 0.3) is 5.91 Å². The number of amides is 1. The Morgan fingerprint density at radius 3 is 2.67 bits per heavy atom. The van der Waals surface area contributed by atoms with Gasteiger partial charge in [-0.05, 0) is 40.9 Å². The van der Waals surface area contributed by atoms with Crippen LogP contribution in [0.5, 0.6) is 0 Å². The highest BCUT2D eigenvalue weighted by molar-refractivity contribution is 9.10. The van der Waals surface area contributed by atoms with Crippen LogP contribution in [-0.4, -0.2) is 35.1 Å². The summed E-state index contributed by atoms with van der Waals surface area (Å²) >= 11 is 3.20. The van der Waals surface area contributed by atoms with Crippen LogP contribution in [0.4, 0.5) is 0 Å². The zero-order valence-electron chi connectivity index (χ0n) is 10.3. The van der Waals surface area contributed by atoms with E-state index in [1.165, 1.54) is 6.42 Å². The molecule has 1 aromatic heterocycles. The summed E-state index contributed by atoms with van der Waals surface area (Å²) in [6.07, 6.45) is 5.59. The molecule has 1 aliphatic carbocycles. The van der Waals surface area contributed by atoms with Crippen molar-refractivity contribution >= 4 is 21.8 Å². The lowest BCUT2D eigenvalue weighted by Gasteiger charge is -2.33. The first-order valence-electron chi connectivity index (χ1n) is 6.39. The molecule has 18 heavy (non-hydrogen) atoms. The molecular formula is C13H18BrNO3. The second-order valence-electron chi connectivity index (χ2n) is 4.62. The van der Waals surface area contributed by atoms with Crippen molar-refractivity contribution < 1.29 is 14.3 Å². The van der Waals surface area contributed by atoms with Gasteiger partial charge >= 0.3 is 0 Å². The molecule has 1 heterocycles. The van der Waals surface area contributed by atoms with Crippen molar-refractivity contribution in [1.29, 1.82) is 0 Å². The third kappa shape index (κ3) is 3.14. The minimum absolute atomic E-state index is 0.00980. The second kappa shape index (κ2) is 6.38. The number of rotatable bonds is 4. The van der Waals surface area contributed by atoms with Gasteiger partial charge in [0.15, 0.2) is 10.4 Å². The smallest absolute Gasteiger partial charge is 0.289 e. The lowest BCUT2D eigenvalue weighted by atomic mass is 9.94. The summed E-state index contributed by atoms with van der Waals surface area (Å²) in [6.45, 7) is 0.367. The molecule has 0 spiro atoms. The van der Waals surface area contributed by atoms with E-state index >= 15 is 0 Å². The third-order valence-electron chi connectivity index (χ3n) is 3.40. The lowest BCUT2D eigenvalue weighted by molar-refractivity contribution is 0.0552. The maximum Gasteiger partial charge on any atom is 0.289 e. The molecule has 1 aromatic rings. The molecule has 0 bridgehead atoms. The first-order chi connectivity index (χ1) is 8.72. The molecular weight excluding hydrogens is 298 g/mol. The number of aliphatic hydroxyl groups is 1. The summed E-state index contributed by atoms with van der Waals surface area (Å²) in [5, 5.41) is 9.13. The SMILES string of the molecule is O=C(c1ccc(Br)o1)N(CCO)C1CCCCC1. The molecule has 0 aliphatic heterocycles. The zero-order valence-corrected chi connectivity index (χ0v) is 11.9. The van der Waals surface area contributed by atoms with Crippen molar-refractivity contribution in [3.63, 3.8) is 0 Å². The lowest BCUT2D eigenvalue weighted by Crippen LogP contribution is -2.43. The van der Waals surface area contributed by atoms with Crippen LogP contribution in [0.2, 0.25) is 0 Å². The Kier molecular flexibility index (Phi) is 4.83. The molecule has 0 radical (unpaired) electrons. The molecule has 1 amide bonds. The molecule has 100 valence electrons. The van der Waals surface area contributed by atoms with Crippen molar-refractivity contribution in [1.82, 2.24) is 4.90 Å². The number of aliphatic hydroxyl groups excluding tert-OH is 1. The third-order valence-corrected chi connectivity index (χ3v) is 3.83. The fourth-order valence-corrected chi connectivity index (χ4v) is 2.83. The van der Waals surface area contributed by atoms with Crippen molar-refractivity contribution in [3.05, 3.63) is 22.6 Å². The maximum absolute atomic E-state index is 12.3. The summed E-state index contributed by atoms with van der Waals surface area (Å²) in [5.74, 6) is 0.211. The van der Waals surface area contributed by atoms with Crippen LogP contribution < -0.4 is 0 Å². The van der Waals surface area contributed by atoms with Crippen molar-refractivity contribution in [2.75, 3.05) is 13.2 Å². The molecule has 1 N–H and O–H groups in total. The summed E-state index contributed by atoms with van der Waals surface area (Å²) in [5.41, 5.74) is 0. The van der Waals surface area contributed by atoms with Gasteiger partial charge in [0, 0.05) is 12.6 Å². The van der Waals surface area contributed by atoms with Gasteiger partial charge < -0.3 is 14.4 Å². The average molecular weight is 316 g/mol. The summed E-state index contributed by atoms with van der Waals surface area (Å²) in [7, 11) is 0. The predicted molar refractivity (Wildman–Crippen MR) is 71.4 cm³/mol. The van der Waals surface area contributed by atoms with Gasteiger partial charge in [-0.2, -0.15) is 0 Å². The summed E-state index contributed by atoms with van der Waals surface area (Å²) in [4.78, 5) is 14.1. The minimum Gasteiger partial charge on any atom is -0.444 e. The van der Waals surface area contributed by atoms with Gasteiger partial charge in [-0.3, -0.25) is 4.79 Å². The van der Waals surface area contributed by atoms with Crippen molar-refractivity contribution in [2.24, 2.45) is 0 Å². The van der Waals surface area contributed by atoms with Crippen LogP contribution in [0.25, 0.3) is 0 Å². The average Bonchev–Trinajstić information content (AvgIpc) is 2.83. The van der Waals surface area contributed by atoms with Crippen LogP contribution in [0.1, 0.15) is 42.7 Å². The van der Waals surface area contributed by atoms with E-state index in [0.29, 0.717) is 17.0 Å². The van der Waals surface area contributed by atoms with Gasteiger partial charge in [-0.1, -0.05) is 19.3 Å². The van der Waals surface area contributed by atoms with Gasteiger partial charge in [-0.25, -0.2) is 0 Å². The Labute approximate surface area is 115 Å². The van der Waals surface area contributed by atoms with E-state index in [1.807, 2.05) is 0 Å². The number of nitrogens with zero attached hydrogens (tertiary/aromatic N) is 1. The molecule has 4 nitrogen and oxygen atoms in total. The van der Waals surface area contributed by atoms with E-state index in [-0.39, 0.29) is 18.6 Å². The van der Waals surface area contributed by atoms with Gasteiger partial charge in [-0.15, -0.1) is 0 Å². The highest BCUT2D eigenvalue weighted by Crippen LogP contribution is 2.25. The van der Waals surface area contributed by atoms with Crippen molar-refractivity contribution in [3.8, 4) is 0 Å². The largest absolute Gasteiger partial charge is 0.444 e. The first kappa shape index (κ1) is 13.6. The topological polar surface area (TPSA) is 53.7 Å². The maximum atomic E-state index is 12.3. The molecule has 1 aliphatic rings. The summed E-state index contributed by atoms with van der Waals surface area (Å²) in [6, 6.07) is 3.62. The highest BCUT2D eigenvalue weighted by atomic mass is 79.9. The van der Waals surface area contributed by atoms with Gasteiger partial charge in [0.05, 0.1) is 6.61 Å². The Bertz CT molecular complexity index is 399. The quantitative estimate of drug-likeness (QED) is 0.929. The Hall–Kier alpha value is -0.810. The molecule has 0 unspecified atom stereocenters. The number of hydrogen-bond donors (Lipinski definition) is 1. The van der Waals surface area contributed by atoms with Crippen LogP contribution in [-0.2, 0) is 0 Å². The number of halogens is 1. The second-order valence-corrected chi connectivity index (χ2v) is 5.40. The van der Waals surface area contributed by atoms with E-state index < -0.39 is 0 Å². The molecule has 1 fully saturated rings. The zero-order chi connectivity index (χ0) is 13.0. The molecule has 1 saturated carbocycles.